The van der Waals surface area contributed by atoms with Crippen molar-refractivity contribution in [1.82, 2.24) is 4.98 Å². The van der Waals surface area contributed by atoms with Crippen LogP contribution >= 0.6 is 0 Å². The van der Waals surface area contributed by atoms with E-state index in [0.717, 1.165) is 5.69 Å². The molecule has 0 saturated carbocycles. The minimum absolute atomic E-state index is 0.888. The Morgan fingerprint density at radius 2 is 2.00 bits per heavy atom. The van der Waals surface area contributed by atoms with Crippen LogP contribution in [0.4, 0.5) is 5.69 Å². The first kappa shape index (κ1) is 8.27. The molecule has 1 rings (SSSR count). The summed E-state index contributed by atoms with van der Waals surface area (Å²) in [6.07, 6.45) is 3.63. The van der Waals surface area contributed by atoms with Gasteiger partial charge in [0.25, 0.3) is 0 Å². The van der Waals surface area contributed by atoms with E-state index < -0.39 is 8.07 Å². The van der Waals surface area contributed by atoms with Crippen molar-refractivity contribution in [3.8, 4) is 0 Å². The highest BCUT2D eigenvalue weighted by atomic mass is 28.3. The topological polar surface area (TPSA) is 38.9 Å². The number of hydrogen-bond acceptors (Lipinski definition) is 2. The molecule has 0 saturated heterocycles. The Bertz CT molecular complexity index is 253. The second-order valence-corrected chi connectivity index (χ2v) is 8.75. The fourth-order valence-corrected chi connectivity index (χ4v) is 2.44. The summed E-state index contributed by atoms with van der Waals surface area (Å²) in [5.41, 5.74) is 6.69. The van der Waals surface area contributed by atoms with Crippen molar-refractivity contribution in [2.45, 2.75) is 19.6 Å². The van der Waals surface area contributed by atoms with Gasteiger partial charge in [0.05, 0.1) is 8.07 Å². The van der Waals surface area contributed by atoms with Crippen LogP contribution in [0, 0.1) is 0 Å². The summed E-state index contributed by atoms with van der Waals surface area (Å²) in [6, 6.07) is 1.87. The zero-order chi connectivity index (χ0) is 8.48. The molecule has 0 spiro atoms. The Labute approximate surface area is 68.5 Å². The maximum atomic E-state index is 5.80. The molecular weight excluding hydrogens is 152 g/mol. The molecule has 1 heterocycles. The number of rotatable bonds is 1. The molecule has 2 nitrogen and oxygen atoms in total. The van der Waals surface area contributed by atoms with Gasteiger partial charge in [-0.2, -0.15) is 0 Å². The van der Waals surface area contributed by atoms with Crippen molar-refractivity contribution >= 4 is 18.9 Å². The summed E-state index contributed by atoms with van der Waals surface area (Å²) < 4.78 is 0. The number of nitrogens with zero attached hydrogens (tertiary/aromatic N) is 1. The monoisotopic (exact) mass is 166 g/mol. The molecule has 0 aliphatic heterocycles. The van der Waals surface area contributed by atoms with Gasteiger partial charge in [0, 0.05) is 18.1 Å². The molecule has 1 aromatic heterocycles. The SMILES string of the molecule is C[Si](C)(C)c1cnccc1N. The molecule has 0 aliphatic carbocycles. The lowest BCUT2D eigenvalue weighted by Gasteiger charge is -2.17. The van der Waals surface area contributed by atoms with Crippen molar-refractivity contribution in [1.29, 1.82) is 0 Å². The molecule has 60 valence electrons. The third-order valence-corrected chi connectivity index (χ3v) is 3.70. The van der Waals surface area contributed by atoms with Gasteiger partial charge in [0.15, 0.2) is 0 Å². The third-order valence-electron chi connectivity index (χ3n) is 1.66. The van der Waals surface area contributed by atoms with E-state index in [0.29, 0.717) is 0 Å². The second kappa shape index (κ2) is 2.66. The number of nitrogens with two attached hydrogens (primary N) is 1. The van der Waals surface area contributed by atoms with Crippen LogP contribution in [0.3, 0.4) is 0 Å². The summed E-state index contributed by atoms with van der Waals surface area (Å²) in [5.74, 6) is 0. The lowest BCUT2D eigenvalue weighted by Crippen LogP contribution is -2.39. The molecule has 0 aromatic carbocycles. The number of aromatic nitrogens is 1. The van der Waals surface area contributed by atoms with E-state index in [1.54, 1.807) is 6.20 Å². The molecule has 3 heteroatoms. The first-order valence-electron chi connectivity index (χ1n) is 3.72. The lowest BCUT2D eigenvalue weighted by molar-refractivity contribution is 1.34. The quantitative estimate of drug-likeness (QED) is 0.637. The molecule has 11 heavy (non-hydrogen) atoms. The van der Waals surface area contributed by atoms with Crippen LogP contribution in [0.5, 0.6) is 0 Å². The highest BCUT2D eigenvalue weighted by molar-refractivity contribution is 6.89. The molecule has 0 unspecified atom stereocenters. The van der Waals surface area contributed by atoms with E-state index in [9.17, 15) is 0 Å². The van der Waals surface area contributed by atoms with Gasteiger partial charge in [-0.15, -0.1) is 0 Å². The molecule has 0 radical (unpaired) electrons. The predicted molar refractivity (Wildman–Crippen MR) is 51.6 cm³/mol. The van der Waals surface area contributed by atoms with E-state index in [2.05, 4.69) is 24.6 Å². The lowest BCUT2D eigenvalue weighted by atomic mass is 10.4. The number of hydrogen-bond donors (Lipinski definition) is 1. The van der Waals surface area contributed by atoms with E-state index in [1.807, 2.05) is 12.3 Å². The number of anilines is 1. The molecule has 2 N–H and O–H groups in total. The standard InChI is InChI=1S/C8H14N2Si/c1-11(2,3)8-6-10-5-4-7(8)9/h4-6H,1-3H3,(H2,9,10). The molecular formula is C8H14N2Si. The molecule has 0 atom stereocenters. The zero-order valence-corrected chi connectivity index (χ0v) is 8.26. The summed E-state index contributed by atoms with van der Waals surface area (Å²) in [7, 11) is -1.27. The van der Waals surface area contributed by atoms with Gasteiger partial charge < -0.3 is 5.73 Å². The smallest absolute Gasteiger partial charge is 0.0823 e. The average molecular weight is 166 g/mol. The Kier molecular flexibility index (Phi) is 2.00. The van der Waals surface area contributed by atoms with Crippen molar-refractivity contribution in [2.75, 3.05) is 5.73 Å². The Morgan fingerprint density at radius 1 is 1.36 bits per heavy atom. The highest BCUT2D eigenvalue weighted by Crippen LogP contribution is 2.06. The molecule has 0 fully saturated rings. The average Bonchev–Trinajstić information content (AvgIpc) is 1.86. The minimum Gasteiger partial charge on any atom is -0.399 e. The number of pyridine rings is 1. The van der Waals surface area contributed by atoms with Crippen LogP contribution in [-0.4, -0.2) is 13.1 Å². The van der Waals surface area contributed by atoms with Crippen molar-refractivity contribution < 1.29 is 0 Å². The molecule has 0 bridgehead atoms. The van der Waals surface area contributed by atoms with Crippen LogP contribution in [0.15, 0.2) is 18.5 Å². The van der Waals surface area contributed by atoms with Crippen molar-refractivity contribution in [2.24, 2.45) is 0 Å². The van der Waals surface area contributed by atoms with Gasteiger partial charge in [-0.3, -0.25) is 4.98 Å². The summed E-state index contributed by atoms with van der Waals surface area (Å²) >= 11 is 0. The van der Waals surface area contributed by atoms with Crippen LogP contribution < -0.4 is 10.9 Å². The zero-order valence-electron chi connectivity index (χ0n) is 7.26. The molecule has 0 aliphatic rings. The fraction of sp³-hybridized carbons (Fsp3) is 0.375. The summed E-state index contributed by atoms with van der Waals surface area (Å²) in [5, 5.41) is 1.25. The number of nitrogen functional groups attached to an aromatic ring is 1. The fourth-order valence-electron chi connectivity index (χ4n) is 1.03. The first-order chi connectivity index (χ1) is 5.02. The van der Waals surface area contributed by atoms with Crippen molar-refractivity contribution in [3.05, 3.63) is 18.5 Å². The van der Waals surface area contributed by atoms with Gasteiger partial charge in [0.1, 0.15) is 0 Å². The normalized spacial score (nSPS) is 11.5. The van der Waals surface area contributed by atoms with Gasteiger partial charge in [-0.1, -0.05) is 19.6 Å². The van der Waals surface area contributed by atoms with E-state index in [1.165, 1.54) is 5.19 Å². The van der Waals surface area contributed by atoms with Crippen LogP contribution in [0.2, 0.25) is 19.6 Å². The van der Waals surface area contributed by atoms with Gasteiger partial charge in [0.2, 0.25) is 0 Å². The maximum Gasteiger partial charge on any atom is 0.0823 e. The van der Waals surface area contributed by atoms with E-state index in [4.69, 9.17) is 5.73 Å². The van der Waals surface area contributed by atoms with Crippen molar-refractivity contribution in [3.63, 3.8) is 0 Å². The largest absolute Gasteiger partial charge is 0.399 e. The molecule has 1 aromatic rings. The molecule has 0 amide bonds. The Hall–Kier alpha value is -0.833. The summed E-state index contributed by atoms with van der Waals surface area (Å²) in [4.78, 5) is 4.07. The highest BCUT2D eigenvalue weighted by Gasteiger charge is 2.18. The predicted octanol–water partition coefficient (Wildman–Crippen LogP) is 1.21. The van der Waals surface area contributed by atoms with Crippen LogP contribution in [0.1, 0.15) is 0 Å². The van der Waals surface area contributed by atoms with Crippen LogP contribution in [-0.2, 0) is 0 Å². The first-order valence-corrected chi connectivity index (χ1v) is 7.22. The van der Waals surface area contributed by atoms with E-state index >= 15 is 0 Å². The second-order valence-electron chi connectivity index (χ2n) is 3.71. The van der Waals surface area contributed by atoms with Gasteiger partial charge in [-0.05, 0) is 11.3 Å². The maximum absolute atomic E-state index is 5.80. The Morgan fingerprint density at radius 3 is 2.36 bits per heavy atom. The summed E-state index contributed by atoms with van der Waals surface area (Å²) in [6.45, 7) is 6.79. The Balaban J connectivity index is 3.14. The van der Waals surface area contributed by atoms with Gasteiger partial charge >= 0.3 is 0 Å². The minimum atomic E-state index is -1.27. The third kappa shape index (κ3) is 1.80. The van der Waals surface area contributed by atoms with Gasteiger partial charge in [-0.25, -0.2) is 0 Å². The van der Waals surface area contributed by atoms with Crippen LogP contribution in [0.25, 0.3) is 0 Å². The van der Waals surface area contributed by atoms with E-state index in [-0.39, 0.29) is 0 Å².